The summed E-state index contributed by atoms with van der Waals surface area (Å²) in [6.07, 6.45) is 0.192. The Kier molecular flexibility index (Phi) is 5.29. The minimum absolute atomic E-state index is 0.192. The van der Waals surface area contributed by atoms with Crippen molar-refractivity contribution in [1.82, 2.24) is 5.32 Å². The van der Waals surface area contributed by atoms with Gasteiger partial charge in [-0.1, -0.05) is 12.1 Å². The molecule has 1 aromatic rings. The van der Waals surface area contributed by atoms with E-state index in [1.165, 1.54) is 0 Å². The molecule has 0 bridgehead atoms. The second kappa shape index (κ2) is 6.75. The number of methoxy groups -OCH3 is 1. The van der Waals surface area contributed by atoms with Crippen LogP contribution in [0.5, 0.6) is 11.5 Å². The molecule has 5 nitrogen and oxygen atoms in total. The molecule has 1 rings (SSSR count). The fourth-order valence-corrected chi connectivity index (χ4v) is 1.47. The third-order valence-electron chi connectivity index (χ3n) is 2.24. The molecular formula is C12H18N2O3. The summed E-state index contributed by atoms with van der Waals surface area (Å²) in [5, 5.41) is 3.05. The molecule has 0 heterocycles. The van der Waals surface area contributed by atoms with Gasteiger partial charge < -0.3 is 20.5 Å². The number of ether oxygens (including phenoxy) is 2. The lowest BCUT2D eigenvalue weighted by Gasteiger charge is -2.14. The monoisotopic (exact) mass is 238 g/mol. The smallest absolute Gasteiger partial charge is 0.220 e. The van der Waals surface area contributed by atoms with E-state index in [1.807, 2.05) is 25.2 Å². The average molecular weight is 238 g/mol. The van der Waals surface area contributed by atoms with Gasteiger partial charge >= 0.3 is 0 Å². The summed E-state index contributed by atoms with van der Waals surface area (Å²) in [6, 6.07) is 5.66. The van der Waals surface area contributed by atoms with Gasteiger partial charge in [0.2, 0.25) is 5.91 Å². The predicted molar refractivity (Wildman–Crippen MR) is 65.1 cm³/mol. The molecule has 0 aliphatic carbocycles. The third-order valence-corrected chi connectivity index (χ3v) is 2.24. The highest BCUT2D eigenvalue weighted by molar-refractivity contribution is 5.73. The van der Waals surface area contributed by atoms with E-state index in [0.717, 1.165) is 5.56 Å². The van der Waals surface area contributed by atoms with Crippen molar-refractivity contribution in [2.45, 2.75) is 13.0 Å². The number of nitrogens with one attached hydrogen (secondary N) is 1. The summed E-state index contributed by atoms with van der Waals surface area (Å²) in [5.41, 5.74) is 6.04. The first-order chi connectivity index (χ1) is 8.19. The van der Waals surface area contributed by atoms with Crippen LogP contribution in [0.3, 0.4) is 0 Å². The number of primary amides is 1. The van der Waals surface area contributed by atoms with Crippen molar-refractivity contribution in [3.63, 3.8) is 0 Å². The lowest BCUT2D eigenvalue weighted by molar-refractivity contribution is -0.118. The number of carbonyl (C=O) groups is 1. The molecule has 17 heavy (non-hydrogen) atoms. The van der Waals surface area contributed by atoms with Crippen LogP contribution in [-0.4, -0.2) is 26.7 Å². The molecule has 0 spiro atoms. The lowest BCUT2D eigenvalue weighted by Crippen LogP contribution is -2.16. The summed E-state index contributed by atoms with van der Waals surface area (Å²) in [7, 11) is 3.44. The first-order valence-corrected chi connectivity index (χ1v) is 5.40. The Morgan fingerprint density at radius 3 is 2.82 bits per heavy atom. The number of para-hydroxylation sites is 1. The largest absolute Gasteiger partial charge is 0.493 e. The maximum Gasteiger partial charge on any atom is 0.220 e. The van der Waals surface area contributed by atoms with Crippen molar-refractivity contribution in [3.8, 4) is 11.5 Å². The van der Waals surface area contributed by atoms with E-state index in [1.54, 1.807) is 7.11 Å². The van der Waals surface area contributed by atoms with E-state index >= 15 is 0 Å². The molecule has 1 aromatic carbocycles. The number of carbonyl (C=O) groups excluding carboxylic acids is 1. The fraction of sp³-hybridized carbons (Fsp3) is 0.417. The first-order valence-electron chi connectivity index (χ1n) is 5.40. The summed E-state index contributed by atoms with van der Waals surface area (Å²) in [4.78, 5) is 10.7. The van der Waals surface area contributed by atoms with Gasteiger partial charge in [-0.05, 0) is 13.1 Å². The van der Waals surface area contributed by atoms with Gasteiger partial charge in [0.05, 0.1) is 20.1 Å². The number of nitrogens with two attached hydrogens (primary N) is 1. The molecular weight excluding hydrogens is 220 g/mol. The topological polar surface area (TPSA) is 73.6 Å². The number of amides is 1. The Hall–Kier alpha value is -1.75. The molecule has 0 aliphatic rings. The molecule has 0 fully saturated rings. The van der Waals surface area contributed by atoms with E-state index in [2.05, 4.69) is 5.32 Å². The molecule has 5 heteroatoms. The minimum atomic E-state index is -0.380. The summed E-state index contributed by atoms with van der Waals surface area (Å²) in [5.74, 6) is 0.933. The van der Waals surface area contributed by atoms with Crippen molar-refractivity contribution in [2.24, 2.45) is 5.73 Å². The summed E-state index contributed by atoms with van der Waals surface area (Å²) in [6.45, 7) is 0.926. The van der Waals surface area contributed by atoms with Crippen LogP contribution in [0.4, 0.5) is 0 Å². The van der Waals surface area contributed by atoms with Crippen LogP contribution >= 0.6 is 0 Å². The normalized spacial score (nSPS) is 10.0. The van der Waals surface area contributed by atoms with E-state index < -0.39 is 0 Å². The average Bonchev–Trinajstić information content (AvgIpc) is 2.30. The molecule has 0 unspecified atom stereocenters. The van der Waals surface area contributed by atoms with E-state index in [9.17, 15) is 4.79 Å². The Bertz CT molecular complexity index is 380. The number of hydrogen-bond donors (Lipinski definition) is 2. The van der Waals surface area contributed by atoms with Crippen molar-refractivity contribution in [1.29, 1.82) is 0 Å². The molecule has 0 saturated carbocycles. The van der Waals surface area contributed by atoms with Crippen molar-refractivity contribution in [3.05, 3.63) is 23.8 Å². The molecule has 0 atom stereocenters. The van der Waals surface area contributed by atoms with Crippen LogP contribution in [0.2, 0.25) is 0 Å². The van der Waals surface area contributed by atoms with Gasteiger partial charge in [0.15, 0.2) is 11.5 Å². The first kappa shape index (κ1) is 13.3. The Morgan fingerprint density at radius 1 is 1.47 bits per heavy atom. The van der Waals surface area contributed by atoms with E-state index in [4.69, 9.17) is 15.2 Å². The summed E-state index contributed by atoms with van der Waals surface area (Å²) < 4.78 is 10.8. The molecule has 94 valence electrons. The maximum atomic E-state index is 10.7. The second-order valence-electron chi connectivity index (χ2n) is 3.54. The minimum Gasteiger partial charge on any atom is -0.493 e. The third kappa shape index (κ3) is 3.96. The van der Waals surface area contributed by atoms with E-state index in [0.29, 0.717) is 18.0 Å². The van der Waals surface area contributed by atoms with Gasteiger partial charge in [0.1, 0.15) is 0 Å². The Morgan fingerprint density at radius 2 is 2.24 bits per heavy atom. The molecule has 0 radical (unpaired) electrons. The van der Waals surface area contributed by atoms with Gasteiger partial charge in [-0.15, -0.1) is 0 Å². The van der Waals surface area contributed by atoms with Crippen LogP contribution in [0, 0.1) is 0 Å². The zero-order valence-corrected chi connectivity index (χ0v) is 10.2. The van der Waals surface area contributed by atoms with Crippen LogP contribution in [-0.2, 0) is 11.3 Å². The van der Waals surface area contributed by atoms with Gasteiger partial charge in [-0.3, -0.25) is 4.79 Å². The van der Waals surface area contributed by atoms with Crippen LogP contribution in [0.1, 0.15) is 12.0 Å². The highest BCUT2D eigenvalue weighted by atomic mass is 16.5. The Balaban J connectivity index is 2.80. The highest BCUT2D eigenvalue weighted by Crippen LogP contribution is 2.31. The van der Waals surface area contributed by atoms with Gasteiger partial charge in [0.25, 0.3) is 0 Å². The zero-order valence-electron chi connectivity index (χ0n) is 10.2. The van der Waals surface area contributed by atoms with Gasteiger partial charge in [-0.25, -0.2) is 0 Å². The van der Waals surface area contributed by atoms with Crippen molar-refractivity contribution in [2.75, 3.05) is 20.8 Å². The van der Waals surface area contributed by atoms with Crippen molar-refractivity contribution < 1.29 is 14.3 Å². The molecule has 0 saturated heterocycles. The predicted octanol–water partition coefficient (Wildman–Crippen LogP) is 0.669. The number of benzene rings is 1. The van der Waals surface area contributed by atoms with Crippen molar-refractivity contribution >= 4 is 5.91 Å². The lowest BCUT2D eigenvalue weighted by atomic mass is 10.2. The second-order valence-corrected chi connectivity index (χ2v) is 3.54. The van der Waals surface area contributed by atoms with Crippen LogP contribution in [0.25, 0.3) is 0 Å². The van der Waals surface area contributed by atoms with Gasteiger partial charge in [0, 0.05) is 12.1 Å². The number of rotatable bonds is 7. The maximum absolute atomic E-state index is 10.7. The van der Waals surface area contributed by atoms with E-state index in [-0.39, 0.29) is 18.9 Å². The number of hydrogen-bond acceptors (Lipinski definition) is 4. The van der Waals surface area contributed by atoms with Gasteiger partial charge in [-0.2, -0.15) is 0 Å². The molecule has 0 aromatic heterocycles. The highest BCUT2D eigenvalue weighted by Gasteiger charge is 2.10. The fourth-order valence-electron chi connectivity index (χ4n) is 1.47. The SMILES string of the molecule is CNCc1cccc(OC)c1OCCC(N)=O. The quantitative estimate of drug-likeness (QED) is 0.732. The molecule has 0 aliphatic heterocycles. The summed E-state index contributed by atoms with van der Waals surface area (Å²) >= 11 is 0. The van der Waals surface area contributed by atoms with Crippen LogP contribution in [0.15, 0.2) is 18.2 Å². The Labute approximate surface area is 101 Å². The zero-order chi connectivity index (χ0) is 12.7. The van der Waals surface area contributed by atoms with Crippen LogP contribution < -0.4 is 20.5 Å². The standard InChI is InChI=1S/C12H18N2O3/c1-14-8-9-4-3-5-10(16-2)12(9)17-7-6-11(13)15/h3-5,14H,6-8H2,1-2H3,(H2,13,15). The molecule has 3 N–H and O–H groups in total. The molecule has 1 amide bonds.